The number of anilines is 5. The first kappa shape index (κ1) is 25.0. The number of benzene rings is 1. The number of fused-ring (bicyclic) bond motifs is 1. The summed E-state index contributed by atoms with van der Waals surface area (Å²) in [5.41, 5.74) is 3.65. The molecule has 1 aromatic carbocycles. The SMILES string of the molecule is C=CC(=O)Nc1cc(Nc2nccc(N3CCc4sccc4C3)n2)c(OC)cc1N1CCN(CC)CC1. The van der Waals surface area contributed by atoms with E-state index in [9.17, 15) is 4.79 Å². The lowest BCUT2D eigenvalue weighted by molar-refractivity contribution is -0.111. The van der Waals surface area contributed by atoms with Crippen LogP contribution in [-0.4, -0.2) is 67.2 Å². The van der Waals surface area contributed by atoms with E-state index in [4.69, 9.17) is 9.72 Å². The van der Waals surface area contributed by atoms with Gasteiger partial charge in [-0.15, -0.1) is 11.3 Å². The van der Waals surface area contributed by atoms with Crippen molar-refractivity contribution in [2.75, 3.05) is 66.8 Å². The monoisotopic (exact) mass is 519 g/mol. The molecule has 0 saturated carbocycles. The number of hydrogen-bond acceptors (Lipinski definition) is 9. The highest BCUT2D eigenvalue weighted by atomic mass is 32.1. The summed E-state index contributed by atoms with van der Waals surface area (Å²) in [6, 6.07) is 7.99. The number of carbonyl (C=O) groups is 1. The predicted molar refractivity (Wildman–Crippen MR) is 151 cm³/mol. The minimum absolute atomic E-state index is 0.263. The molecule has 2 aromatic heterocycles. The molecule has 37 heavy (non-hydrogen) atoms. The minimum Gasteiger partial charge on any atom is -0.494 e. The van der Waals surface area contributed by atoms with Crippen LogP contribution in [0.5, 0.6) is 5.75 Å². The molecule has 0 bridgehead atoms. The van der Waals surface area contributed by atoms with Gasteiger partial charge in [0, 0.05) is 56.4 Å². The number of thiophene rings is 1. The van der Waals surface area contributed by atoms with E-state index in [2.05, 4.69) is 55.3 Å². The second-order valence-corrected chi connectivity index (χ2v) is 10.1. The fourth-order valence-electron chi connectivity index (χ4n) is 4.84. The number of rotatable bonds is 8. The molecule has 0 aliphatic carbocycles. The first-order chi connectivity index (χ1) is 18.1. The lowest BCUT2D eigenvalue weighted by Crippen LogP contribution is -2.46. The van der Waals surface area contributed by atoms with Crippen LogP contribution in [-0.2, 0) is 17.8 Å². The van der Waals surface area contributed by atoms with E-state index in [1.54, 1.807) is 13.3 Å². The molecule has 2 aliphatic heterocycles. The Kier molecular flexibility index (Phi) is 7.57. The molecule has 1 amide bonds. The number of carbonyl (C=O) groups excluding carboxylic acids is 1. The molecule has 10 heteroatoms. The standard InChI is InChI=1S/C27H33N7O2S/c1-4-26(35)29-20-16-21(23(36-3)17-22(20)33-13-11-32(5-2)12-14-33)30-27-28-9-6-25(31-27)34-10-7-24-19(18-34)8-15-37-24/h4,6,8-9,15-17H,1,5,7,10-14,18H2,2-3H3,(H,29,35)(H,28,30,31). The average Bonchev–Trinajstić information content (AvgIpc) is 3.41. The third kappa shape index (κ3) is 5.55. The average molecular weight is 520 g/mol. The van der Waals surface area contributed by atoms with Crippen molar-refractivity contribution < 1.29 is 9.53 Å². The summed E-state index contributed by atoms with van der Waals surface area (Å²) >= 11 is 1.82. The molecular formula is C27H33N7O2S. The molecule has 9 nitrogen and oxygen atoms in total. The number of hydrogen-bond donors (Lipinski definition) is 2. The lowest BCUT2D eigenvalue weighted by atomic mass is 10.1. The summed E-state index contributed by atoms with van der Waals surface area (Å²) in [4.78, 5) is 30.0. The van der Waals surface area contributed by atoms with Gasteiger partial charge in [0.15, 0.2) is 0 Å². The normalized spacial score (nSPS) is 15.7. The minimum atomic E-state index is -0.263. The van der Waals surface area contributed by atoms with Gasteiger partial charge in [0.2, 0.25) is 11.9 Å². The Morgan fingerprint density at radius 1 is 1.16 bits per heavy atom. The molecule has 0 spiro atoms. The molecule has 2 N–H and O–H groups in total. The summed E-state index contributed by atoms with van der Waals surface area (Å²) in [6.07, 6.45) is 4.07. The quantitative estimate of drug-likeness (QED) is 0.430. The topological polar surface area (TPSA) is 85.9 Å². The van der Waals surface area contributed by atoms with Crippen LogP contribution in [0.25, 0.3) is 0 Å². The van der Waals surface area contributed by atoms with E-state index in [1.165, 1.54) is 16.5 Å². The number of nitrogens with zero attached hydrogens (tertiary/aromatic N) is 5. The van der Waals surface area contributed by atoms with Crippen LogP contribution >= 0.6 is 11.3 Å². The Morgan fingerprint density at radius 2 is 2.00 bits per heavy atom. The second-order valence-electron chi connectivity index (χ2n) is 9.09. The molecule has 0 unspecified atom stereocenters. The molecular weight excluding hydrogens is 486 g/mol. The van der Waals surface area contributed by atoms with Crippen LogP contribution in [0.2, 0.25) is 0 Å². The smallest absolute Gasteiger partial charge is 0.247 e. The maximum absolute atomic E-state index is 12.3. The number of methoxy groups -OCH3 is 1. The van der Waals surface area contributed by atoms with Crippen LogP contribution in [0.1, 0.15) is 17.4 Å². The van der Waals surface area contributed by atoms with Gasteiger partial charge in [-0.3, -0.25) is 4.79 Å². The third-order valence-electron chi connectivity index (χ3n) is 6.94. The Labute approximate surface area is 221 Å². The summed E-state index contributed by atoms with van der Waals surface area (Å²) in [7, 11) is 1.64. The number of likely N-dealkylation sites (N-methyl/N-ethyl adjacent to an activating group) is 1. The molecule has 4 heterocycles. The van der Waals surface area contributed by atoms with E-state index in [-0.39, 0.29) is 5.91 Å². The number of amides is 1. The highest BCUT2D eigenvalue weighted by Gasteiger charge is 2.23. The van der Waals surface area contributed by atoms with E-state index in [0.29, 0.717) is 23.1 Å². The van der Waals surface area contributed by atoms with Gasteiger partial charge >= 0.3 is 0 Å². The van der Waals surface area contributed by atoms with Gasteiger partial charge in [0.1, 0.15) is 11.6 Å². The first-order valence-electron chi connectivity index (χ1n) is 12.6. The van der Waals surface area contributed by atoms with Crippen LogP contribution < -0.4 is 25.2 Å². The van der Waals surface area contributed by atoms with Crippen molar-refractivity contribution in [3.8, 4) is 5.75 Å². The van der Waals surface area contributed by atoms with Crippen LogP contribution in [0.4, 0.5) is 28.8 Å². The first-order valence-corrected chi connectivity index (χ1v) is 13.5. The van der Waals surface area contributed by atoms with Crippen LogP contribution in [0.15, 0.2) is 48.5 Å². The predicted octanol–water partition coefficient (Wildman–Crippen LogP) is 4.12. The summed E-state index contributed by atoms with van der Waals surface area (Å²) in [6.45, 7) is 12.3. The summed E-state index contributed by atoms with van der Waals surface area (Å²) < 4.78 is 5.76. The highest BCUT2D eigenvalue weighted by molar-refractivity contribution is 7.10. The third-order valence-corrected chi connectivity index (χ3v) is 7.96. The van der Waals surface area contributed by atoms with Gasteiger partial charge in [-0.05, 0) is 48.2 Å². The van der Waals surface area contributed by atoms with Gasteiger partial charge in [-0.1, -0.05) is 13.5 Å². The molecule has 1 fully saturated rings. The van der Waals surface area contributed by atoms with Crippen LogP contribution in [0.3, 0.4) is 0 Å². The Morgan fingerprint density at radius 3 is 2.76 bits per heavy atom. The van der Waals surface area contributed by atoms with Gasteiger partial charge < -0.3 is 30.1 Å². The Hall–Kier alpha value is -3.63. The zero-order valence-electron chi connectivity index (χ0n) is 21.4. The van der Waals surface area contributed by atoms with Crippen molar-refractivity contribution in [3.05, 3.63) is 58.9 Å². The van der Waals surface area contributed by atoms with Crippen molar-refractivity contribution in [2.45, 2.75) is 19.9 Å². The number of ether oxygens (including phenoxy) is 1. The zero-order chi connectivity index (χ0) is 25.8. The maximum Gasteiger partial charge on any atom is 0.247 e. The van der Waals surface area contributed by atoms with Gasteiger partial charge in [0.05, 0.1) is 24.2 Å². The molecule has 0 atom stereocenters. The van der Waals surface area contributed by atoms with Gasteiger partial charge in [0.25, 0.3) is 0 Å². The van der Waals surface area contributed by atoms with Crippen LogP contribution in [0, 0.1) is 0 Å². The highest BCUT2D eigenvalue weighted by Crippen LogP contribution is 2.39. The molecule has 5 rings (SSSR count). The van der Waals surface area contributed by atoms with E-state index < -0.39 is 0 Å². The molecule has 0 radical (unpaired) electrons. The number of aromatic nitrogens is 2. The van der Waals surface area contributed by atoms with Crippen molar-refractivity contribution in [2.24, 2.45) is 0 Å². The Balaban J connectivity index is 1.41. The van der Waals surface area contributed by atoms with E-state index in [1.807, 2.05) is 29.5 Å². The van der Waals surface area contributed by atoms with Gasteiger partial charge in [-0.2, -0.15) is 4.98 Å². The molecule has 1 saturated heterocycles. The van der Waals surface area contributed by atoms with E-state index in [0.717, 1.165) is 63.7 Å². The summed E-state index contributed by atoms with van der Waals surface area (Å²) in [5.74, 6) is 1.73. The van der Waals surface area contributed by atoms with Crippen molar-refractivity contribution in [3.63, 3.8) is 0 Å². The van der Waals surface area contributed by atoms with Gasteiger partial charge in [-0.25, -0.2) is 4.98 Å². The van der Waals surface area contributed by atoms with Crippen molar-refractivity contribution in [1.82, 2.24) is 14.9 Å². The lowest BCUT2D eigenvalue weighted by Gasteiger charge is -2.36. The summed E-state index contributed by atoms with van der Waals surface area (Å²) in [5, 5.41) is 8.45. The zero-order valence-corrected chi connectivity index (χ0v) is 22.2. The Bertz CT molecular complexity index is 1270. The fraction of sp³-hybridized carbons (Fsp3) is 0.370. The number of piperazine rings is 1. The van der Waals surface area contributed by atoms with Crippen molar-refractivity contribution >= 4 is 46.1 Å². The molecule has 2 aliphatic rings. The maximum atomic E-state index is 12.3. The largest absolute Gasteiger partial charge is 0.494 e. The molecule has 3 aromatic rings. The van der Waals surface area contributed by atoms with Crippen molar-refractivity contribution in [1.29, 1.82) is 0 Å². The number of nitrogens with one attached hydrogen (secondary N) is 2. The molecule has 194 valence electrons. The van der Waals surface area contributed by atoms with E-state index >= 15 is 0 Å². The second kappa shape index (κ2) is 11.2. The fourth-order valence-corrected chi connectivity index (χ4v) is 5.73.